The van der Waals surface area contributed by atoms with Crippen molar-refractivity contribution < 1.29 is 9.32 Å². The van der Waals surface area contributed by atoms with Gasteiger partial charge in [0.25, 0.3) is 11.7 Å². The van der Waals surface area contributed by atoms with E-state index in [0.29, 0.717) is 17.1 Å². The van der Waals surface area contributed by atoms with E-state index in [-0.39, 0.29) is 30.1 Å². The number of carbonyl (C=O) groups is 1. The number of carbonyl (C=O) groups excluding carboxylic acids is 1. The lowest BCUT2D eigenvalue weighted by molar-refractivity contribution is 0.0992. The second kappa shape index (κ2) is 8.22. The molecule has 0 spiro atoms. The normalized spacial score (nSPS) is 17.3. The highest BCUT2D eigenvalue weighted by molar-refractivity contribution is 6.07. The van der Waals surface area contributed by atoms with Crippen LogP contribution in [0.25, 0.3) is 5.69 Å². The first kappa shape index (κ1) is 20.2. The van der Waals surface area contributed by atoms with Crippen molar-refractivity contribution in [1.82, 2.24) is 30.1 Å². The van der Waals surface area contributed by atoms with Gasteiger partial charge >= 0.3 is 0 Å². The third kappa shape index (κ3) is 3.58. The highest BCUT2D eigenvalue weighted by Gasteiger charge is 2.29. The molecule has 1 aliphatic rings. The minimum absolute atomic E-state index is 0. The quantitative estimate of drug-likeness (QED) is 0.668. The van der Waals surface area contributed by atoms with Crippen LogP contribution in [0.3, 0.4) is 0 Å². The van der Waals surface area contributed by atoms with E-state index in [4.69, 9.17) is 4.52 Å². The monoisotopic (exact) mass is 402 g/mol. The van der Waals surface area contributed by atoms with Gasteiger partial charge in [0.2, 0.25) is 0 Å². The lowest BCUT2D eigenvalue weighted by Crippen LogP contribution is -2.44. The third-order valence-corrected chi connectivity index (χ3v) is 4.96. The highest BCUT2D eigenvalue weighted by atomic mass is 35.5. The SMILES string of the molecule is Cc1nn(-c2ccccc2)c(C)c1C(=O)c1nc(C2CNCCN2C)no1.Cl. The summed E-state index contributed by atoms with van der Waals surface area (Å²) in [7, 11) is 2.02. The first-order valence-corrected chi connectivity index (χ1v) is 8.97. The van der Waals surface area contributed by atoms with E-state index in [2.05, 4.69) is 25.5 Å². The van der Waals surface area contributed by atoms with Gasteiger partial charge in [-0.2, -0.15) is 10.1 Å². The number of aromatic nitrogens is 4. The van der Waals surface area contributed by atoms with E-state index in [1.165, 1.54) is 0 Å². The molecule has 0 aliphatic carbocycles. The molecular formula is C19H23ClN6O2. The van der Waals surface area contributed by atoms with Gasteiger partial charge in [-0.25, -0.2) is 4.68 Å². The maximum absolute atomic E-state index is 13.0. The number of halogens is 1. The number of rotatable bonds is 4. The fourth-order valence-electron chi connectivity index (χ4n) is 3.46. The van der Waals surface area contributed by atoms with Crippen LogP contribution < -0.4 is 5.32 Å². The molecule has 1 aromatic carbocycles. The predicted octanol–water partition coefficient (Wildman–Crippen LogP) is 2.10. The molecule has 0 saturated carbocycles. The lowest BCUT2D eigenvalue weighted by atomic mass is 10.1. The zero-order valence-electron chi connectivity index (χ0n) is 16.0. The molecule has 3 aromatic rings. The van der Waals surface area contributed by atoms with Crippen molar-refractivity contribution >= 4 is 18.2 Å². The molecule has 1 saturated heterocycles. The Morgan fingerprint density at radius 2 is 2.00 bits per heavy atom. The van der Waals surface area contributed by atoms with Crippen LogP contribution in [-0.2, 0) is 0 Å². The third-order valence-electron chi connectivity index (χ3n) is 4.96. The van der Waals surface area contributed by atoms with Crippen molar-refractivity contribution in [2.75, 3.05) is 26.7 Å². The second-order valence-electron chi connectivity index (χ2n) is 6.78. The summed E-state index contributed by atoms with van der Waals surface area (Å²) in [5.41, 5.74) is 2.79. The largest absolute Gasteiger partial charge is 0.330 e. The molecule has 8 nitrogen and oxygen atoms in total. The summed E-state index contributed by atoms with van der Waals surface area (Å²) in [6, 6.07) is 9.71. The van der Waals surface area contributed by atoms with Crippen molar-refractivity contribution in [3.8, 4) is 5.69 Å². The van der Waals surface area contributed by atoms with Crippen LogP contribution in [0.5, 0.6) is 0 Å². The van der Waals surface area contributed by atoms with Gasteiger partial charge in [0.05, 0.1) is 28.7 Å². The summed E-state index contributed by atoms with van der Waals surface area (Å²) in [4.78, 5) is 19.6. The number of hydrogen-bond donors (Lipinski definition) is 1. The standard InChI is InChI=1S/C19H22N6O2.ClH/c1-12-16(13(2)25(22-12)14-7-5-4-6-8-14)17(26)19-21-18(23-27-19)15-11-20-9-10-24(15)3;/h4-8,15,20H,9-11H2,1-3H3;1H. The molecule has 1 atom stereocenters. The van der Waals surface area contributed by atoms with Gasteiger partial charge in [-0.1, -0.05) is 23.4 Å². The molecule has 2 aromatic heterocycles. The molecule has 1 fully saturated rings. The molecule has 1 N–H and O–H groups in total. The fraction of sp³-hybridized carbons (Fsp3) is 0.368. The topological polar surface area (TPSA) is 89.1 Å². The first-order valence-electron chi connectivity index (χ1n) is 8.97. The number of likely N-dealkylation sites (N-methyl/N-ethyl adjacent to an activating group) is 1. The Morgan fingerprint density at radius 3 is 2.71 bits per heavy atom. The Kier molecular flexibility index (Phi) is 5.93. The molecule has 1 aliphatic heterocycles. The fourth-order valence-corrected chi connectivity index (χ4v) is 3.46. The summed E-state index contributed by atoms with van der Waals surface area (Å²) in [5.74, 6) is 0.235. The van der Waals surface area contributed by atoms with Crippen molar-refractivity contribution in [2.24, 2.45) is 0 Å². The molecule has 28 heavy (non-hydrogen) atoms. The number of nitrogens with zero attached hydrogens (tertiary/aromatic N) is 5. The Labute approximate surface area is 169 Å². The molecule has 0 bridgehead atoms. The van der Waals surface area contributed by atoms with Crippen LogP contribution in [0.15, 0.2) is 34.9 Å². The number of benzene rings is 1. The number of para-hydroxylation sites is 1. The zero-order valence-corrected chi connectivity index (χ0v) is 16.9. The number of ketones is 1. The van der Waals surface area contributed by atoms with Gasteiger partial charge in [-0.15, -0.1) is 12.4 Å². The van der Waals surface area contributed by atoms with E-state index in [0.717, 1.165) is 31.0 Å². The molecule has 0 amide bonds. The Morgan fingerprint density at radius 1 is 1.25 bits per heavy atom. The first-order chi connectivity index (χ1) is 13.1. The zero-order chi connectivity index (χ0) is 19.0. The Hall–Kier alpha value is -2.55. The van der Waals surface area contributed by atoms with Crippen molar-refractivity contribution in [3.63, 3.8) is 0 Å². The summed E-state index contributed by atoms with van der Waals surface area (Å²) >= 11 is 0. The van der Waals surface area contributed by atoms with Gasteiger partial charge < -0.3 is 9.84 Å². The Balaban J connectivity index is 0.00000225. The molecule has 0 radical (unpaired) electrons. The molecule has 1 unspecified atom stereocenters. The average molecular weight is 403 g/mol. The maximum Gasteiger partial charge on any atom is 0.299 e. The van der Waals surface area contributed by atoms with Gasteiger partial charge in [0.15, 0.2) is 5.82 Å². The van der Waals surface area contributed by atoms with E-state index < -0.39 is 0 Å². The minimum atomic E-state index is -0.294. The summed E-state index contributed by atoms with van der Waals surface area (Å²) in [5, 5.41) is 11.9. The van der Waals surface area contributed by atoms with Crippen LogP contribution in [0.1, 0.15) is 39.5 Å². The van der Waals surface area contributed by atoms with Crippen LogP contribution in [0, 0.1) is 13.8 Å². The number of aryl methyl sites for hydroxylation is 1. The van der Waals surface area contributed by atoms with Gasteiger partial charge in [0.1, 0.15) is 0 Å². The smallest absolute Gasteiger partial charge is 0.299 e. The van der Waals surface area contributed by atoms with Crippen LogP contribution in [-0.4, -0.2) is 57.3 Å². The molecule has 3 heterocycles. The predicted molar refractivity (Wildman–Crippen MR) is 106 cm³/mol. The number of hydrogen-bond acceptors (Lipinski definition) is 7. The van der Waals surface area contributed by atoms with Crippen molar-refractivity contribution in [2.45, 2.75) is 19.9 Å². The van der Waals surface area contributed by atoms with E-state index in [1.54, 1.807) is 4.68 Å². The molecule has 4 rings (SSSR count). The summed E-state index contributed by atoms with van der Waals surface area (Å²) < 4.78 is 7.07. The average Bonchev–Trinajstić information content (AvgIpc) is 3.27. The second-order valence-corrected chi connectivity index (χ2v) is 6.78. The van der Waals surface area contributed by atoms with Gasteiger partial charge in [-0.05, 0) is 33.0 Å². The highest BCUT2D eigenvalue weighted by Crippen LogP contribution is 2.22. The summed E-state index contributed by atoms with van der Waals surface area (Å²) in [6.45, 7) is 6.23. The van der Waals surface area contributed by atoms with Crippen LogP contribution in [0.4, 0.5) is 0 Å². The summed E-state index contributed by atoms with van der Waals surface area (Å²) in [6.07, 6.45) is 0. The van der Waals surface area contributed by atoms with E-state index in [1.807, 2.05) is 51.2 Å². The lowest BCUT2D eigenvalue weighted by Gasteiger charge is -2.30. The van der Waals surface area contributed by atoms with Gasteiger partial charge in [-0.3, -0.25) is 9.69 Å². The van der Waals surface area contributed by atoms with E-state index >= 15 is 0 Å². The van der Waals surface area contributed by atoms with Crippen LogP contribution in [0.2, 0.25) is 0 Å². The molecule has 148 valence electrons. The molecule has 9 heteroatoms. The van der Waals surface area contributed by atoms with E-state index in [9.17, 15) is 4.79 Å². The molecular weight excluding hydrogens is 380 g/mol. The minimum Gasteiger partial charge on any atom is -0.330 e. The van der Waals surface area contributed by atoms with Crippen molar-refractivity contribution in [1.29, 1.82) is 0 Å². The number of piperazine rings is 1. The van der Waals surface area contributed by atoms with Crippen molar-refractivity contribution in [3.05, 3.63) is 59.0 Å². The number of nitrogens with one attached hydrogen (secondary N) is 1. The maximum atomic E-state index is 13.0. The van der Waals surface area contributed by atoms with Gasteiger partial charge in [0, 0.05) is 19.6 Å². The Bertz CT molecular complexity index is 968. The van der Waals surface area contributed by atoms with Crippen LogP contribution >= 0.6 is 12.4 Å².